The lowest BCUT2D eigenvalue weighted by molar-refractivity contribution is 0.0916. The molecule has 0 bridgehead atoms. The van der Waals surface area contributed by atoms with E-state index in [0.29, 0.717) is 10.9 Å². The lowest BCUT2D eigenvalue weighted by atomic mass is 9.74. The van der Waals surface area contributed by atoms with Gasteiger partial charge in [-0.05, 0) is 16.8 Å². The van der Waals surface area contributed by atoms with Gasteiger partial charge in [-0.3, -0.25) is 9.59 Å². The van der Waals surface area contributed by atoms with Crippen molar-refractivity contribution in [3.05, 3.63) is 71.5 Å². The Balaban J connectivity index is 2.36. The van der Waals surface area contributed by atoms with Crippen molar-refractivity contribution in [1.82, 2.24) is 0 Å². The molecular formula is C19H16O3. The molecule has 1 aliphatic carbocycles. The minimum atomic E-state index is -0.778. The summed E-state index contributed by atoms with van der Waals surface area (Å²) in [7, 11) is 0. The van der Waals surface area contributed by atoms with Crippen LogP contribution >= 0.6 is 0 Å². The van der Waals surface area contributed by atoms with E-state index in [-0.39, 0.29) is 16.9 Å². The molecule has 3 nitrogen and oxygen atoms in total. The molecule has 2 aromatic carbocycles. The van der Waals surface area contributed by atoms with Gasteiger partial charge < -0.3 is 5.11 Å². The van der Waals surface area contributed by atoms with Crippen molar-refractivity contribution in [2.45, 2.75) is 13.8 Å². The van der Waals surface area contributed by atoms with Crippen molar-refractivity contribution >= 4 is 22.3 Å². The molecule has 0 aromatic heterocycles. The zero-order valence-corrected chi connectivity index (χ0v) is 12.5. The number of hydrogen-bond acceptors (Lipinski definition) is 3. The molecule has 22 heavy (non-hydrogen) atoms. The second-order valence-electron chi connectivity index (χ2n) is 6.02. The molecule has 1 aliphatic rings. The number of aliphatic hydroxyl groups is 1. The molecule has 0 unspecified atom stereocenters. The number of benzene rings is 2. The van der Waals surface area contributed by atoms with Gasteiger partial charge in [0.05, 0.1) is 5.57 Å². The number of aliphatic hydroxyl groups excluding tert-OH is 1. The van der Waals surface area contributed by atoms with Gasteiger partial charge in [0, 0.05) is 16.5 Å². The number of ketones is 2. The number of allylic oxidation sites excluding steroid dienone is 3. The molecule has 0 spiro atoms. The fraction of sp³-hybridized carbons (Fsp3) is 0.158. The van der Waals surface area contributed by atoms with Crippen molar-refractivity contribution in [3.8, 4) is 0 Å². The Hall–Kier alpha value is -2.68. The Morgan fingerprint density at radius 2 is 1.73 bits per heavy atom. The highest BCUT2D eigenvalue weighted by Gasteiger charge is 2.39. The summed E-state index contributed by atoms with van der Waals surface area (Å²) in [6, 6.07) is 10.8. The van der Waals surface area contributed by atoms with Gasteiger partial charge in [-0.15, -0.1) is 6.58 Å². The van der Waals surface area contributed by atoms with Crippen LogP contribution in [-0.4, -0.2) is 16.7 Å². The first-order valence-electron chi connectivity index (χ1n) is 7.07. The van der Waals surface area contributed by atoms with Crippen molar-refractivity contribution in [1.29, 1.82) is 0 Å². The van der Waals surface area contributed by atoms with E-state index < -0.39 is 17.0 Å². The summed E-state index contributed by atoms with van der Waals surface area (Å²) in [5, 5.41) is 11.9. The summed E-state index contributed by atoms with van der Waals surface area (Å²) in [5.74, 6) is -1.29. The van der Waals surface area contributed by atoms with Gasteiger partial charge in [0.15, 0.2) is 11.5 Å². The lowest BCUT2D eigenvalue weighted by Gasteiger charge is -2.28. The highest BCUT2D eigenvalue weighted by molar-refractivity contribution is 6.30. The average molecular weight is 292 g/mol. The van der Waals surface area contributed by atoms with Gasteiger partial charge in [-0.1, -0.05) is 50.3 Å². The minimum Gasteiger partial charge on any atom is -0.504 e. The predicted octanol–water partition coefficient (Wildman–Crippen LogP) is 4.24. The van der Waals surface area contributed by atoms with Crippen LogP contribution in [0.5, 0.6) is 0 Å². The van der Waals surface area contributed by atoms with E-state index in [1.165, 1.54) is 0 Å². The minimum absolute atomic E-state index is 0.107. The van der Waals surface area contributed by atoms with Crippen LogP contribution in [0.15, 0.2) is 60.4 Å². The van der Waals surface area contributed by atoms with Crippen LogP contribution in [0.3, 0.4) is 0 Å². The first-order chi connectivity index (χ1) is 10.4. The van der Waals surface area contributed by atoms with E-state index in [1.807, 2.05) is 24.3 Å². The van der Waals surface area contributed by atoms with Crippen LogP contribution in [0.25, 0.3) is 10.8 Å². The van der Waals surface area contributed by atoms with Gasteiger partial charge in [0.25, 0.3) is 0 Å². The van der Waals surface area contributed by atoms with E-state index in [0.717, 1.165) is 5.39 Å². The molecule has 0 fully saturated rings. The summed E-state index contributed by atoms with van der Waals surface area (Å²) < 4.78 is 0. The third-order valence-electron chi connectivity index (χ3n) is 4.23. The van der Waals surface area contributed by atoms with E-state index >= 15 is 0 Å². The molecule has 0 aliphatic heterocycles. The zero-order chi connectivity index (χ0) is 16.1. The molecule has 0 radical (unpaired) electrons. The lowest BCUT2D eigenvalue weighted by Crippen LogP contribution is -2.29. The second-order valence-corrected chi connectivity index (χ2v) is 6.02. The fourth-order valence-electron chi connectivity index (χ4n) is 2.88. The van der Waals surface area contributed by atoms with Gasteiger partial charge in [-0.2, -0.15) is 0 Å². The Bertz CT molecular complexity index is 869. The first-order valence-corrected chi connectivity index (χ1v) is 7.07. The Kier molecular flexibility index (Phi) is 3.03. The van der Waals surface area contributed by atoms with Gasteiger partial charge in [-0.25, -0.2) is 0 Å². The molecule has 0 saturated carbocycles. The van der Waals surface area contributed by atoms with Crippen LogP contribution < -0.4 is 0 Å². The monoisotopic (exact) mass is 292 g/mol. The summed E-state index contributed by atoms with van der Waals surface area (Å²) in [5.41, 5.74) is -0.0499. The maximum Gasteiger partial charge on any atom is 0.229 e. The van der Waals surface area contributed by atoms with Crippen LogP contribution in [0, 0.1) is 5.41 Å². The maximum atomic E-state index is 12.8. The van der Waals surface area contributed by atoms with E-state index in [1.54, 1.807) is 32.1 Å². The van der Waals surface area contributed by atoms with Crippen molar-refractivity contribution in [2.75, 3.05) is 0 Å². The fourth-order valence-corrected chi connectivity index (χ4v) is 2.88. The maximum absolute atomic E-state index is 12.8. The van der Waals surface area contributed by atoms with Crippen molar-refractivity contribution in [3.63, 3.8) is 0 Å². The van der Waals surface area contributed by atoms with E-state index in [2.05, 4.69) is 6.58 Å². The first kappa shape index (κ1) is 14.3. The van der Waals surface area contributed by atoms with Crippen LogP contribution in [0.1, 0.15) is 34.6 Å². The zero-order valence-electron chi connectivity index (χ0n) is 12.5. The van der Waals surface area contributed by atoms with Gasteiger partial charge >= 0.3 is 0 Å². The van der Waals surface area contributed by atoms with Gasteiger partial charge in [0.1, 0.15) is 0 Å². The van der Waals surface area contributed by atoms with Gasteiger partial charge in [0.2, 0.25) is 5.78 Å². The summed E-state index contributed by atoms with van der Waals surface area (Å²) in [6.07, 6.45) is 1.57. The molecule has 0 atom stereocenters. The second kappa shape index (κ2) is 4.67. The molecule has 3 heteroatoms. The van der Waals surface area contributed by atoms with Crippen LogP contribution in [-0.2, 0) is 0 Å². The summed E-state index contributed by atoms with van der Waals surface area (Å²) in [6.45, 7) is 7.20. The highest BCUT2D eigenvalue weighted by atomic mass is 16.3. The Labute approximate surface area is 128 Å². The molecule has 110 valence electrons. The molecule has 0 heterocycles. The smallest absolute Gasteiger partial charge is 0.229 e. The largest absolute Gasteiger partial charge is 0.504 e. The van der Waals surface area contributed by atoms with Crippen molar-refractivity contribution < 1.29 is 14.7 Å². The Morgan fingerprint density at radius 1 is 1.05 bits per heavy atom. The average Bonchev–Trinajstić information content (AvgIpc) is 2.51. The van der Waals surface area contributed by atoms with Crippen LogP contribution in [0.2, 0.25) is 0 Å². The molecule has 0 amide bonds. The number of Topliss-reactive ketones (excluding diaryl/α,β-unsaturated/α-hetero) is 2. The number of carbonyl (C=O) groups excluding carboxylic acids is 2. The van der Waals surface area contributed by atoms with Crippen LogP contribution in [0.4, 0.5) is 0 Å². The summed E-state index contributed by atoms with van der Waals surface area (Å²) in [4.78, 5) is 25.5. The molecule has 0 saturated heterocycles. The Morgan fingerprint density at radius 3 is 2.41 bits per heavy atom. The normalized spacial score (nSPS) is 15.2. The predicted molar refractivity (Wildman–Crippen MR) is 86.2 cm³/mol. The molecule has 1 N–H and O–H groups in total. The number of rotatable bonds is 2. The molecular weight excluding hydrogens is 276 g/mol. The summed E-state index contributed by atoms with van der Waals surface area (Å²) >= 11 is 0. The number of hydrogen-bond donors (Lipinski definition) is 1. The topological polar surface area (TPSA) is 54.4 Å². The molecule has 3 rings (SSSR count). The van der Waals surface area contributed by atoms with E-state index in [4.69, 9.17) is 0 Å². The third-order valence-corrected chi connectivity index (χ3v) is 4.23. The quantitative estimate of drug-likeness (QED) is 0.842. The SMILES string of the molecule is C=CC(C)(C)C1=C(O)C(=O)c2c(ccc3ccccc23)C1=O. The number of fused-ring (bicyclic) bond motifs is 3. The standard InChI is InChI=1S/C19H16O3/c1-4-19(2,3)15-16(20)13-10-9-11-7-5-6-8-12(11)14(13)17(21)18(15)22/h4-10,22H,1H2,2-3H3. The third kappa shape index (κ3) is 1.82. The van der Waals surface area contributed by atoms with E-state index in [9.17, 15) is 14.7 Å². The highest BCUT2D eigenvalue weighted by Crippen LogP contribution is 2.39. The number of carbonyl (C=O) groups is 2. The van der Waals surface area contributed by atoms with Crippen molar-refractivity contribution in [2.24, 2.45) is 5.41 Å². The molecule has 2 aromatic rings.